The van der Waals surface area contributed by atoms with Crippen LogP contribution in [0.5, 0.6) is 11.5 Å². The fourth-order valence-corrected chi connectivity index (χ4v) is 4.03. The van der Waals surface area contributed by atoms with E-state index in [1.54, 1.807) is 14.2 Å². The second kappa shape index (κ2) is 6.47. The Morgan fingerprint density at radius 1 is 0.741 bits per heavy atom. The van der Waals surface area contributed by atoms with Gasteiger partial charge in [-0.3, -0.25) is 4.79 Å². The average Bonchev–Trinajstić information content (AvgIpc) is 2.96. The topological polar surface area (TPSA) is 38.8 Å². The van der Waals surface area contributed by atoms with Crippen molar-refractivity contribution in [3.05, 3.63) is 95.1 Å². The van der Waals surface area contributed by atoms with Crippen LogP contribution in [0.4, 0.5) is 0 Å². The van der Waals surface area contributed by atoms with Crippen molar-refractivity contribution in [1.29, 1.82) is 0 Å². The van der Waals surface area contributed by atoms with Gasteiger partial charge in [-0.05, 0) is 47.0 Å². The van der Waals surface area contributed by atoms with E-state index in [2.05, 4.69) is 0 Å². The van der Waals surface area contributed by atoms with Gasteiger partial charge in [-0.15, -0.1) is 0 Å². The van der Waals surface area contributed by atoms with Gasteiger partial charge in [0.05, 0.1) is 14.2 Å². The lowest BCUT2D eigenvalue weighted by Gasteiger charge is -2.38. The summed E-state index contributed by atoms with van der Waals surface area (Å²) in [6, 6.07) is 23.6. The van der Waals surface area contributed by atoms with Crippen LogP contribution >= 0.6 is 0 Å². The second-order valence-electron chi connectivity index (χ2n) is 6.58. The van der Waals surface area contributed by atoms with Gasteiger partial charge in [0.25, 0.3) is 5.91 Å². The van der Waals surface area contributed by atoms with Crippen molar-refractivity contribution >= 4 is 5.91 Å². The molecule has 1 aliphatic rings. The Morgan fingerprint density at radius 2 is 1.22 bits per heavy atom. The quantitative estimate of drug-likeness (QED) is 0.704. The summed E-state index contributed by atoms with van der Waals surface area (Å²) in [5, 5.41) is 0. The molecule has 0 saturated carbocycles. The van der Waals surface area contributed by atoms with Gasteiger partial charge in [0.15, 0.2) is 0 Å². The van der Waals surface area contributed by atoms with E-state index < -0.39 is 5.54 Å². The van der Waals surface area contributed by atoms with Crippen LogP contribution in [0.15, 0.2) is 72.8 Å². The molecule has 0 atom stereocenters. The van der Waals surface area contributed by atoms with Crippen LogP contribution in [0.3, 0.4) is 0 Å². The highest BCUT2D eigenvalue weighted by Crippen LogP contribution is 2.48. The molecule has 0 unspecified atom stereocenters. The number of amides is 1. The van der Waals surface area contributed by atoms with Crippen molar-refractivity contribution in [2.75, 3.05) is 21.3 Å². The van der Waals surface area contributed by atoms with E-state index in [-0.39, 0.29) is 5.91 Å². The van der Waals surface area contributed by atoms with Crippen LogP contribution in [-0.4, -0.2) is 32.1 Å². The molecule has 0 bridgehead atoms. The molecule has 4 nitrogen and oxygen atoms in total. The zero-order valence-electron chi connectivity index (χ0n) is 15.6. The van der Waals surface area contributed by atoms with Crippen LogP contribution in [0.2, 0.25) is 0 Å². The average molecular weight is 359 g/mol. The van der Waals surface area contributed by atoms with E-state index in [9.17, 15) is 4.79 Å². The molecule has 1 amide bonds. The molecule has 0 fully saturated rings. The molecule has 3 aromatic rings. The first-order chi connectivity index (χ1) is 13.1. The Balaban J connectivity index is 2.02. The maximum atomic E-state index is 13.1. The minimum absolute atomic E-state index is 0.0113. The summed E-state index contributed by atoms with van der Waals surface area (Å²) >= 11 is 0. The summed E-state index contributed by atoms with van der Waals surface area (Å²) in [7, 11) is 5.15. The number of methoxy groups -OCH3 is 2. The third-order valence-electron chi connectivity index (χ3n) is 5.37. The smallest absolute Gasteiger partial charge is 0.255 e. The number of hydrogen-bond acceptors (Lipinski definition) is 3. The molecule has 0 aromatic heterocycles. The lowest BCUT2D eigenvalue weighted by molar-refractivity contribution is 0.0736. The number of hydrogen-bond donors (Lipinski definition) is 0. The Kier molecular flexibility index (Phi) is 4.11. The van der Waals surface area contributed by atoms with Crippen LogP contribution in [0.1, 0.15) is 27.0 Å². The number of fused-ring (bicyclic) bond motifs is 1. The van der Waals surface area contributed by atoms with E-state index >= 15 is 0 Å². The summed E-state index contributed by atoms with van der Waals surface area (Å²) in [5.41, 5.74) is 3.02. The van der Waals surface area contributed by atoms with Gasteiger partial charge >= 0.3 is 0 Å². The van der Waals surface area contributed by atoms with Gasteiger partial charge in [-0.1, -0.05) is 42.5 Å². The lowest BCUT2D eigenvalue weighted by atomic mass is 9.77. The first kappa shape index (κ1) is 17.2. The molecule has 3 aromatic carbocycles. The Labute approximate surface area is 159 Å². The minimum atomic E-state index is -0.702. The third-order valence-corrected chi connectivity index (χ3v) is 5.37. The monoisotopic (exact) mass is 359 g/mol. The van der Waals surface area contributed by atoms with Crippen molar-refractivity contribution in [3.8, 4) is 11.5 Å². The third kappa shape index (κ3) is 2.40. The number of carbonyl (C=O) groups excluding carboxylic acids is 1. The van der Waals surface area contributed by atoms with Gasteiger partial charge in [-0.25, -0.2) is 0 Å². The van der Waals surface area contributed by atoms with E-state index in [0.29, 0.717) is 0 Å². The van der Waals surface area contributed by atoms with Crippen molar-refractivity contribution in [2.24, 2.45) is 0 Å². The van der Waals surface area contributed by atoms with Crippen molar-refractivity contribution < 1.29 is 14.3 Å². The lowest BCUT2D eigenvalue weighted by Crippen LogP contribution is -2.43. The summed E-state index contributed by atoms with van der Waals surface area (Å²) in [5.74, 6) is 1.57. The number of benzene rings is 3. The highest BCUT2D eigenvalue weighted by Gasteiger charge is 2.50. The number of carbonyl (C=O) groups is 1. The van der Waals surface area contributed by atoms with Crippen LogP contribution in [0, 0.1) is 0 Å². The zero-order valence-corrected chi connectivity index (χ0v) is 15.6. The molecule has 1 aliphatic heterocycles. The first-order valence-electron chi connectivity index (χ1n) is 8.79. The summed E-state index contributed by atoms with van der Waals surface area (Å²) in [6.07, 6.45) is 0. The first-order valence-corrected chi connectivity index (χ1v) is 8.79. The van der Waals surface area contributed by atoms with Gasteiger partial charge in [0, 0.05) is 12.6 Å². The number of rotatable bonds is 4. The van der Waals surface area contributed by atoms with Gasteiger partial charge in [-0.2, -0.15) is 0 Å². The predicted molar refractivity (Wildman–Crippen MR) is 104 cm³/mol. The Morgan fingerprint density at radius 3 is 1.70 bits per heavy atom. The standard InChI is InChI=1S/C23H21NO3/c1-24-22(25)20-6-4-5-7-21(20)23(24,16-8-12-18(26-2)13-9-16)17-10-14-19(27-3)15-11-17/h4-15H,1-3H3. The molecule has 1 heterocycles. The van der Waals surface area contributed by atoms with E-state index in [0.717, 1.165) is 33.8 Å². The van der Waals surface area contributed by atoms with Gasteiger partial charge < -0.3 is 14.4 Å². The van der Waals surface area contributed by atoms with E-state index in [4.69, 9.17) is 9.47 Å². The summed E-state index contributed by atoms with van der Waals surface area (Å²) in [6.45, 7) is 0. The van der Waals surface area contributed by atoms with Crippen LogP contribution in [0.25, 0.3) is 0 Å². The molecule has 0 saturated heterocycles. The predicted octanol–water partition coefficient (Wildman–Crippen LogP) is 4.08. The molecular formula is C23H21NO3. The Hall–Kier alpha value is -3.27. The maximum absolute atomic E-state index is 13.1. The van der Waals surface area contributed by atoms with Crippen molar-refractivity contribution in [3.63, 3.8) is 0 Å². The molecule has 0 radical (unpaired) electrons. The summed E-state index contributed by atoms with van der Waals surface area (Å²) in [4.78, 5) is 14.9. The fraction of sp³-hybridized carbons (Fsp3) is 0.174. The van der Waals surface area contributed by atoms with Crippen LogP contribution in [-0.2, 0) is 5.54 Å². The van der Waals surface area contributed by atoms with E-state index in [1.807, 2.05) is 84.7 Å². The number of nitrogens with zero attached hydrogens (tertiary/aromatic N) is 1. The SMILES string of the molecule is COc1ccc(C2(c3ccc(OC)cc3)c3ccccc3C(=O)N2C)cc1. The normalized spacial score (nSPS) is 14.8. The molecular weight excluding hydrogens is 338 g/mol. The summed E-state index contributed by atoms with van der Waals surface area (Å²) < 4.78 is 10.6. The molecule has 4 rings (SSSR count). The minimum Gasteiger partial charge on any atom is -0.497 e. The van der Waals surface area contributed by atoms with Gasteiger partial charge in [0.1, 0.15) is 17.0 Å². The van der Waals surface area contributed by atoms with E-state index in [1.165, 1.54) is 0 Å². The van der Waals surface area contributed by atoms with Crippen molar-refractivity contribution in [1.82, 2.24) is 4.90 Å². The zero-order chi connectivity index (χ0) is 19.0. The highest BCUT2D eigenvalue weighted by molar-refractivity contribution is 6.01. The highest BCUT2D eigenvalue weighted by atomic mass is 16.5. The molecule has 0 aliphatic carbocycles. The number of ether oxygens (including phenoxy) is 2. The molecule has 136 valence electrons. The largest absolute Gasteiger partial charge is 0.497 e. The molecule has 4 heteroatoms. The molecule has 27 heavy (non-hydrogen) atoms. The second-order valence-corrected chi connectivity index (χ2v) is 6.58. The molecule has 0 spiro atoms. The van der Waals surface area contributed by atoms with Crippen LogP contribution < -0.4 is 9.47 Å². The maximum Gasteiger partial charge on any atom is 0.255 e. The van der Waals surface area contributed by atoms with Crippen molar-refractivity contribution in [2.45, 2.75) is 5.54 Å². The fourth-order valence-electron chi connectivity index (χ4n) is 4.03. The van der Waals surface area contributed by atoms with Gasteiger partial charge in [0.2, 0.25) is 0 Å². The Bertz CT molecular complexity index is 930. The molecule has 0 N–H and O–H groups in total.